The zero-order valence-electron chi connectivity index (χ0n) is 20.6. The molecule has 0 aliphatic carbocycles. The quantitative estimate of drug-likeness (QED) is 0.566. The highest BCUT2D eigenvalue weighted by Gasteiger charge is 2.20. The second kappa shape index (κ2) is 11.8. The number of aryl methyl sites for hydroxylation is 1. The molecule has 33 heavy (non-hydrogen) atoms. The van der Waals surface area contributed by atoms with Gasteiger partial charge in [-0.05, 0) is 70.1 Å². The van der Waals surface area contributed by atoms with Crippen LogP contribution in [-0.2, 0) is 0 Å². The molecule has 0 spiro atoms. The molecule has 3 rings (SSSR count). The SMILES string of the molecule is CCOc1cc(C(=O)Nc2ccc(N3CCN(CC)CC3)c(C)c2)cc(OCC)c1OCC. The second-order valence-electron chi connectivity index (χ2n) is 7.98. The van der Waals surface area contributed by atoms with Gasteiger partial charge in [0.25, 0.3) is 5.91 Å². The van der Waals surface area contributed by atoms with E-state index in [0.29, 0.717) is 42.6 Å². The molecule has 0 atom stereocenters. The van der Waals surface area contributed by atoms with Crippen molar-refractivity contribution in [2.75, 3.05) is 62.8 Å². The first kappa shape index (κ1) is 24.7. The Morgan fingerprint density at radius 1 is 0.879 bits per heavy atom. The number of hydrogen-bond acceptors (Lipinski definition) is 6. The smallest absolute Gasteiger partial charge is 0.255 e. The van der Waals surface area contributed by atoms with Gasteiger partial charge in [0, 0.05) is 43.1 Å². The minimum Gasteiger partial charge on any atom is -0.490 e. The molecular formula is C26H37N3O4. The molecule has 1 N–H and O–H groups in total. The number of nitrogens with zero attached hydrogens (tertiary/aromatic N) is 2. The van der Waals surface area contributed by atoms with E-state index in [0.717, 1.165) is 44.0 Å². The van der Waals surface area contributed by atoms with E-state index in [-0.39, 0.29) is 5.91 Å². The van der Waals surface area contributed by atoms with Crippen LogP contribution in [0.2, 0.25) is 0 Å². The highest BCUT2D eigenvalue weighted by Crippen LogP contribution is 2.39. The van der Waals surface area contributed by atoms with Gasteiger partial charge >= 0.3 is 0 Å². The van der Waals surface area contributed by atoms with Crippen molar-refractivity contribution >= 4 is 17.3 Å². The van der Waals surface area contributed by atoms with Crippen LogP contribution in [0.5, 0.6) is 17.2 Å². The fraction of sp³-hybridized carbons (Fsp3) is 0.500. The van der Waals surface area contributed by atoms with Crippen LogP contribution in [0.15, 0.2) is 30.3 Å². The van der Waals surface area contributed by atoms with Crippen LogP contribution in [-0.4, -0.2) is 63.4 Å². The lowest BCUT2D eigenvalue weighted by Gasteiger charge is -2.36. The van der Waals surface area contributed by atoms with E-state index in [4.69, 9.17) is 14.2 Å². The van der Waals surface area contributed by atoms with Gasteiger partial charge in [-0.1, -0.05) is 6.92 Å². The highest BCUT2D eigenvalue weighted by atomic mass is 16.5. The van der Waals surface area contributed by atoms with Crippen LogP contribution in [0.25, 0.3) is 0 Å². The molecule has 1 aliphatic heterocycles. The van der Waals surface area contributed by atoms with E-state index in [1.165, 1.54) is 5.69 Å². The Morgan fingerprint density at radius 3 is 2.00 bits per heavy atom. The van der Waals surface area contributed by atoms with E-state index in [1.54, 1.807) is 12.1 Å². The fourth-order valence-corrected chi connectivity index (χ4v) is 4.12. The second-order valence-corrected chi connectivity index (χ2v) is 7.98. The number of carbonyl (C=O) groups excluding carboxylic acids is 1. The number of piperazine rings is 1. The summed E-state index contributed by atoms with van der Waals surface area (Å²) in [5.74, 6) is 1.33. The third-order valence-electron chi connectivity index (χ3n) is 5.79. The standard InChI is InChI=1S/C26H37N3O4/c1-6-28-12-14-29(15-13-28)22-11-10-21(16-19(22)5)27-26(30)20-17-23(31-7-2)25(33-9-4)24(18-20)32-8-3/h10-11,16-18H,6-9,12-15H2,1-5H3,(H,27,30). The molecule has 0 unspecified atom stereocenters. The number of carbonyl (C=O) groups is 1. The first-order valence-electron chi connectivity index (χ1n) is 12.0. The van der Waals surface area contributed by atoms with E-state index >= 15 is 0 Å². The summed E-state index contributed by atoms with van der Waals surface area (Å²) in [5, 5.41) is 3.02. The summed E-state index contributed by atoms with van der Waals surface area (Å²) in [6, 6.07) is 9.51. The number of ether oxygens (including phenoxy) is 3. The summed E-state index contributed by atoms with van der Waals surface area (Å²) >= 11 is 0. The normalized spacial score (nSPS) is 14.2. The molecule has 180 valence electrons. The molecule has 0 bridgehead atoms. The molecular weight excluding hydrogens is 418 g/mol. The number of likely N-dealkylation sites (N-methyl/N-ethyl adjacent to an activating group) is 1. The Bertz CT molecular complexity index is 912. The van der Waals surface area contributed by atoms with E-state index in [1.807, 2.05) is 32.9 Å². The molecule has 2 aromatic carbocycles. The summed E-state index contributed by atoms with van der Waals surface area (Å²) in [6.45, 7) is 16.7. The largest absolute Gasteiger partial charge is 0.490 e. The van der Waals surface area contributed by atoms with Gasteiger partial charge in [0.2, 0.25) is 5.75 Å². The van der Waals surface area contributed by atoms with Gasteiger partial charge in [-0.15, -0.1) is 0 Å². The number of nitrogens with one attached hydrogen (secondary N) is 1. The summed E-state index contributed by atoms with van der Waals surface area (Å²) < 4.78 is 17.2. The minimum atomic E-state index is -0.219. The minimum absolute atomic E-state index is 0.219. The van der Waals surface area contributed by atoms with Crippen LogP contribution in [0.4, 0.5) is 11.4 Å². The molecule has 0 aromatic heterocycles. The molecule has 1 fully saturated rings. The van der Waals surface area contributed by atoms with E-state index < -0.39 is 0 Å². The summed E-state index contributed by atoms with van der Waals surface area (Å²) in [7, 11) is 0. The number of rotatable bonds is 10. The lowest BCUT2D eigenvalue weighted by Crippen LogP contribution is -2.46. The molecule has 1 amide bonds. The maximum absolute atomic E-state index is 13.1. The first-order chi connectivity index (χ1) is 16.0. The molecule has 7 heteroatoms. The van der Waals surface area contributed by atoms with Crippen molar-refractivity contribution in [1.82, 2.24) is 4.90 Å². The van der Waals surface area contributed by atoms with E-state index in [2.05, 4.69) is 35.0 Å². The molecule has 1 heterocycles. The maximum atomic E-state index is 13.1. The molecule has 1 aliphatic rings. The lowest BCUT2D eigenvalue weighted by molar-refractivity contribution is 0.102. The van der Waals surface area contributed by atoms with Crippen molar-refractivity contribution in [1.29, 1.82) is 0 Å². The monoisotopic (exact) mass is 455 g/mol. The maximum Gasteiger partial charge on any atom is 0.255 e. The van der Waals surface area contributed by atoms with Crippen LogP contribution in [0, 0.1) is 6.92 Å². The molecule has 0 radical (unpaired) electrons. The van der Waals surface area contributed by atoms with Gasteiger partial charge in [-0.25, -0.2) is 0 Å². The van der Waals surface area contributed by atoms with Crippen LogP contribution in [0.3, 0.4) is 0 Å². The van der Waals surface area contributed by atoms with Gasteiger partial charge in [-0.2, -0.15) is 0 Å². The van der Waals surface area contributed by atoms with Crippen molar-refractivity contribution < 1.29 is 19.0 Å². The predicted molar refractivity (Wildman–Crippen MR) is 133 cm³/mol. The van der Waals surface area contributed by atoms with Crippen LogP contribution < -0.4 is 24.4 Å². The Labute approximate surface area is 197 Å². The average molecular weight is 456 g/mol. The molecule has 1 saturated heterocycles. The fourth-order valence-electron chi connectivity index (χ4n) is 4.12. The molecule has 0 saturated carbocycles. The third kappa shape index (κ3) is 6.11. The predicted octanol–water partition coefficient (Wildman–Crippen LogP) is 4.59. The van der Waals surface area contributed by atoms with Gasteiger partial charge in [0.1, 0.15) is 0 Å². The van der Waals surface area contributed by atoms with Crippen LogP contribution >= 0.6 is 0 Å². The van der Waals surface area contributed by atoms with Crippen molar-refractivity contribution in [2.45, 2.75) is 34.6 Å². The molecule has 2 aromatic rings. The summed E-state index contributed by atoms with van der Waals surface area (Å²) in [4.78, 5) is 18.0. The van der Waals surface area contributed by atoms with Crippen molar-refractivity contribution in [3.8, 4) is 17.2 Å². The zero-order valence-corrected chi connectivity index (χ0v) is 20.6. The lowest BCUT2D eigenvalue weighted by atomic mass is 10.1. The van der Waals surface area contributed by atoms with E-state index in [9.17, 15) is 4.79 Å². The van der Waals surface area contributed by atoms with Crippen molar-refractivity contribution in [2.24, 2.45) is 0 Å². The number of benzene rings is 2. The number of amides is 1. The average Bonchev–Trinajstić information content (AvgIpc) is 2.81. The third-order valence-corrected chi connectivity index (χ3v) is 5.79. The Hall–Kier alpha value is -2.93. The molecule has 7 nitrogen and oxygen atoms in total. The Balaban J connectivity index is 1.78. The number of hydrogen-bond donors (Lipinski definition) is 1. The highest BCUT2D eigenvalue weighted by molar-refractivity contribution is 6.05. The topological polar surface area (TPSA) is 63.3 Å². The Kier molecular flexibility index (Phi) is 8.83. The van der Waals surface area contributed by atoms with Gasteiger partial charge in [0.15, 0.2) is 11.5 Å². The van der Waals surface area contributed by atoms with Crippen molar-refractivity contribution in [3.63, 3.8) is 0 Å². The summed E-state index contributed by atoms with van der Waals surface area (Å²) in [6.07, 6.45) is 0. The van der Waals surface area contributed by atoms with Gasteiger partial charge in [0.05, 0.1) is 19.8 Å². The zero-order chi connectivity index (χ0) is 23.8. The summed E-state index contributed by atoms with van der Waals surface area (Å²) in [5.41, 5.74) is 3.59. The van der Waals surface area contributed by atoms with Crippen molar-refractivity contribution in [3.05, 3.63) is 41.5 Å². The van der Waals surface area contributed by atoms with Gasteiger partial charge in [-0.3, -0.25) is 4.79 Å². The van der Waals surface area contributed by atoms with Crippen LogP contribution in [0.1, 0.15) is 43.6 Å². The van der Waals surface area contributed by atoms with Gasteiger partial charge < -0.3 is 29.3 Å². The first-order valence-corrected chi connectivity index (χ1v) is 12.0. The number of anilines is 2. The Morgan fingerprint density at radius 2 is 1.48 bits per heavy atom.